The molecule has 2 aromatic heterocycles. The number of hydrogen-bond donors (Lipinski definition) is 0. The Bertz CT molecular complexity index is 1530. The van der Waals surface area contributed by atoms with Crippen LogP contribution in [0.15, 0.2) is 60.7 Å². The number of aromatic nitrogens is 2. The summed E-state index contributed by atoms with van der Waals surface area (Å²) in [5.74, 6) is 0. The Balaban J connectivity index is 1.66. The maximum atomic E-state index is 2.40. The average Bonchev–Trinajstić information content (AvgIpc) is 3.30. The average molecular weight is 419 g/mol. The molecule has 0 spiro atoms. The van der Waals surface area contributed by atoms with E-state index in [4.69, 9.17) is 0 Å². The van der Waals surface area contributed by atoms with Gasteiger partial charge in [0.1, 0.15) is 0 Å². The van der Waals surface area contributed by atoms with Crippen LogP contribution in [0.25, 0.3) is 54.1 Å². The zero-order chi connectivity index (χ0) is 22.0. The van der Waals surface area contributed by atoms with Gasteiger partial charge in [0.15, 0.2) is 0 Å². The van der Waals surface area contributed by atoms with Crippen molar-refractivity contribution in [2.45, 2.75) is 39.5 Å². The summed E-state index contributed by atoms with van der Waals surface area (Å²) < 4.78 is 4.73. The monoisotopic (exact) mass is 418 g/mol. The summed E-state index contributed by atoms with van der Waals surface area (Å²) in [6.07, 6.45) is 4.59. The minimum Gasteiger partial charge on any atom is -0.348 e. The lowest BCUT2D eigenvalue weighted by Gasteiger charge is -2.10. The summed E-state index contributed by atoms with van der Waals surface area (Å²) in [7, 11) is 4.40. The van der Waals surface area contributed by atoms with Crippen molar-refractivity contribution >= 4 is 54.1 Å². The van der Waals surface area contributed by atoms with E-state index in [0.29, 0.717) is 0 Å². The zero-order valence-corrected chi connectivity index (χ0v) is 19.5. The van der Waals surface area contributed by atoms with E-state index in [1.54, 1.807) is 0 Å². The molecule has 2 heteroatoms. The fourth-order valence-corrected chi connectivity index (χ4v) is 5.78. The van der Waals surface area contributed by atoms with Crippen LogP contribution in [0.5, 0.6) is 0 Å². The molecule has 0 unspecified atom stereocenters. The van der Waals surface area contributed by atoms with E-state index in [1.807, 2.05) is 0 Å². The first kappa shape index (κ1) is 19.4. The number of benzene rings is 4. The lowest BCUT2D eigenvalue weighted by atomic mass is 9.94. The van der Waals surface area contributed by atoms with Gasteiger partial charge in [0.2, 0.25) is 0 Å². The van der Waals surface area contributed by atoms with Gasteiger partial charge in [0.25, 0.3) is 0 Å². The van der Waals surface area contributed by atoms with Gasteiger partial charge in [0.05, 0.1) is 0 Å². The highest BCUT2D eigenvalue weighted by Crippen LogP contribution is 2.38. The van der Waals surface area contributed by atoms with E-state index < -0.39 is 0 Å². The SMILES string of the molecule is CCCc1cc2c3ccc4c(ccc5c4ccc4c5cc(CCC)n4C)c3ccc2n1C. The third-order valence-corrected chi connectivity index (χ3v) is 7.45. The quantitative estimate of drug-likeness (QED) is 0.256. The molecule has 0 radical (unpaired) electrons. The summed E-state index contributed by atoms with van der Waals surface area (Å²) in [6.45, 7) is 4.51. The number of aryl methyl sites for hydroxylation is 4. The third-order valence-electron chi connectivity index (χ3n) is 7.45. The Morgan fingerprint density at radius 3 is 1.12 bits per heavy atom. The standard InChI is InChI=1S/C30H30N2/c1-5-7-19-17-27-25-11-9-22-21(23(25)13-15-29(27)31(19)3)10-12-26-24(22)14-16-30-28(26)18-20(8-6-2)32(30)4/h9-18H,5-8H2,1-4H3. The van der Waals surface area contributed by atoms with Gasteiger partial charge in [-0.25, -0.2) is 0 Å². The topological polar surface area (TPSA) is 9.86 Å². The molecule has 0 aliphatic heterocycles. The van der Waals surface area contributed by atoms with Crippen LogP contribution in [0.4, 0.5) is 0 Å². The molecule has 32 heavy (non-hydrogen) atoms. The molecule has 0 saturated heterocycles. The Labute approximate surface area is 189 Å². The van der Waals surface area contributed by atoms with E-state index in [2.05, 4.69) is 97.7 Å². The minimum atomic E-state index is 1.12. The normalized spacial score (nSPS) is 12.2. The fourth-order valence-electron chi connectivity index (χ4n) is 5.78. The Morgan fingerprint density at radius 2 is 0.781 bits per heavy atom. The molecule has 2 nitrogen and oxygen atoms in total. The smallest absolute Gasteiger partial charge is 0.0486 e. The van der Waals surface area contributed by atoms with E-state index in [-0.39, 0.29) is 0 Å². The second-order valence-corrected chi connectivity index (χ2v) is 9.30. The summed E-state index contributed by atoms with van der Waals surface area (Å²) in [5, 5.41) is 10.9. The van der Waals surface area contributed by atoms with Gasteiger partial charge in [-0.15, -0.1) is 0 Å². The van der Waals surface area contributed by atoms with Gasteiger partial charge in [-0.2, -0.15) is 0 Å². The maximum Gasteiger partial charge on any atom is 0.0486 e. The molecule has 0 N–H and O–H groups in total. The Morgan fingerprint density at radius 1 is 0.469 bits per heavy atom. The summed E-state index contributed by atoms with van der Waals surface area (Å²) in [4.78, 5) is 0. The van der Waals surface area contributed by atoms with Gasteiger partial charge >= 0.3 is 0 Å². The molecule has 2 heterocycles. The van der Waals surface area contributed by atoms with Crippen LogP contribution in [0.3, 0.4) is 0 Å². The summed E-state index contributed by atoms with van der Waals surface area (Å²) in [5.41, 5.74) is 5.50. The number of fused-ring (bicyclic) bond motifs is 9. The molecule has 6 aromatic rings. The van der Waals surface area contributed by atoms with Crippen LogP contribution in [0, 0.1) is 0 Å². The summed E-state index contributed by atoms with van der Waals surface area (Å²) in [6, 6.07) is 23.4. The van der Waals surface area contributed by atoms with E-state index >= 15 is 0 Å². The van der Waals surface area contributed by atoms with Crippen molar-refractivity contribution in [3.63, 3.8) is 0 Å². The lowest BCUT2D eigenvalue weighted by Crippen LogP contribution is -1.94. The molecule has 0 saturated carbocycles. The first-order valence-corrected chi connectivity index (χ1v) is 12.0. The van der Waals surface area contributed by atoms with E-state index in [9.17, 15) is 0 Å². The number of rotatable bonds is 4. The molecule has 0 aliphatic rings. The van der Waals surface area contributed by atoms with Crippen LogP contribution in [-0.2, 0) is 26.9 Å². The number of nitrogens with zero attached hydrogens (tertiary/aromatic N) is 2. The first-order valence-electron chi connectivity index (χ1n) is 12.0. The fraction of sp³-hybridized carbons (Fsp3) is 0.267. The van der Waals surface area contributed by atoms with Gasteiger partial charge < -0.3 is 9.13 Å². The van der Waals surface area contributed by atoms with Crippen LogP contribution in [0.1, 0.15) is 38.1 Å². The van der Waals surface area contributed by atoms with Gasteiger partial charge in [-0.1, -0.05) is 63.1 Å². The van der Waals surface area contributed by atoms with Crippen molar-refractivity contribution in [3.8, 4) is 0 Å². The largest absolute Gasteiger partial charge is 0.348 e. The molecule has 0 amide bonds. The molecule has 0 atom stereocenters. The molecule has 160 valence electrons. The minimum absolute atomic E-state index is 1.12. The molecular formula is C30H30N2. The van der Waals surface area contributed by atoms with Crippen LogP contribution in [-0.4, -0.2) is 9.13 Å². The Hall–Kier alpha value is -3.26. The van der Waals surface area contributed by atoms with Crippen molar-refractivity contribution in [1.82, 2.24) is 9.13 Å². The highest BCUT2D eigenvalue weighted by Gasteiger charge is 2.13. The second kappa shape index (κ2) is 7.13. The lowest BCUT2D eigenvalue weighted by molar-refractivity contribution is 0.805. The first-order chi connectivity index (χ1) is 15.6. The predicted octanol–water partition coefficient (Wildman–Crippen LogP) is 8.03. The maximum absolute atomic E-state index is 2.40. The van der Waals surface area contributed by atoms with Crippen LogP contribution >= 0.6 is 0 Å². The molecule has 6 rings (SSSR count). The third kappa shape index (κ3) is 2.59. The van der Waals surface area contributed by atoms with Gasteiger partial charge in [-0.3, -0.25) is 0 Å². The van der Waals surface area contributed by atoms with Crippen molar-refractivity contribution in [2.75, 3.05) is 0 Å². The van der Waals surface area contributed by atoms with E-state index in [0.717, 1.165) is 12.8 Å². The second-order valence-electron chi connectivity index (χ2n) is 9.30. The van der Waals surface area contributed by atoms with Gasteiger partial charge in [-0.05, 0) is 69.4 Å². The van der Waals surface area contributed by atoms with Crippen LogP contribution < -0.4 is 0 Å². The van der Waals surface area contributed by atoms with Crippen molar-refractivity contribution < 1.29 is 0 Å². The highest BCUT2D eigenvalue weighted by atomic mass is 14.9. The van der Waals surface area contributed by atoms with Crippen molar-refractivity contribution in [2.24, 2.45) is 14.1 Å². The van der Waals surface area contributed by atoms with Gasteiger partial charge in [0, 0.05) is 47.3 Å². The molecule has 0 bridgehead atoms. The van der Waals surface area contributed by atoms with E-state index in [1.165, 1.54) is 78.4 Å². The van der Waals surface area contributed by atoms with Crippen molar-refractivity contribution in [3.05, 3.63) is 72.1 Å². The molecule has 4 aromatic carbocycles. The highest BCUT2D eigenvalue weighted by molar-refractivity contribution is 6.24. The number of hydrogen-bond acceptors (Lipinski definition) is 0. The molecule has 0 fully saturated rings. The summed E-state index contributed by atoms with van der Waals surface area (Å²) >= 11 is 0. The van der Waals surface area contributed by atoms with Crippen molar-refractivity contribution in [1.29, 1.82) is 0 Å². The molecule has 0 aliphatic carbocycles. The van der Waals surface area contributed by atoms with Crippen LogP contribution in [0.2, 0.25) is 0 Å². The Kier molecular flexibility index (Phi) is 4.33. The zero-order valence-electron chi connectivity index (χ0n) is 19.5. The predicted molar refractivity (Wildman–Crippen MR) is 140 cm³/mol. The molecular weight excluding hydrogens is 388 g/mol.